The molecule has 0 spiro atoms. The minimum Gasteiger partial charge on any atom is -0.447 e. The van der Waals surface area contributed by atoms with Crippen molar-refractivity contribution in [2.24, 2.45) is 0 Å². The van der Waals surface area contributed by atoms with Crippen LogP contribution in [0.3, 0.4) is 0 Å². The second kappa shape index (κ2) is 8.23. The van der Waals surface area contributed by atoms with Gasteiger partial charge in [-0.1, -0.05) is 24.3 Å². The highest BCUT2D eigenvalue weighted by molar-refractivity contribution is 7.92. The zero-order chi connectivity index (χ0) is 21.1. The van der Waals surface area contributed by atoms with E-state index in [0.717, 1.165) is 5.56 Å². The lowest BCUT2D eigenvalue weighted by Crippen LogP contribution is -2.38. The number of hydrogen-bond donors (Lipinski definition) is 2. The molecule has 0 bridgehead atoms. The highest BCUT2D eigenvalue weighted by Gasteiger charge is 2.28. The quantitative estimate of drug-likeness (QED) is 0.730. The molecule has 2 heterocycles. The molecule has 9 nitrogen and oxygen atoms in total. The van der Waals surface area contributed by atoms with Crippen LogP contribution in [0.2, 0.25) is 0 Å². The number of fused-ring (bicyclic) bond motifs is 1. The Balaban J connectivity index is 1.31. The van der Waals surface area contributed by atoms with Crippen LogP contribution in [0.15, 0.2) is 48.5 Å². The van der Waals surface area contributed by atoms with Crippen molar-refractivity contribution < 1.29 is 22.7 Å². The van der Waals surface area contributed by atoms with E-state index in [1.807, 2.05) is 18.2 Å². The van der Waals surface area contributed by atoms with Gasteiger partial charge in [0.05, 0.1) is 18.0 Å². The van der Waals surface area contributed by atoms with E-state index >= 15 is 0 Å². The van der Waals surface area contributed by atoms with Gasteiger partial charge in [0.1, 0.15) is 6.61 Å². The van der Waals surface area contributed by atoms with Crippen LogP contribution in [0.4, 0.5) is 26.7 Å². The number of ether oxygens (including phenoxy) is 1. The lowest BCUT2D eigenvalue weighted by Gasteiger charge is -2.19. The van der Waals surface area contributed by atoms with E-state index in [2.05, 4.69) is 10.6 Å². The number of rotatable bonds is 6. The summed E-state index contributed by atoms with van der Waals surface area (Å²) in [5.74, 6) is -0.200. The van der Waals surface area contributed by atoms with E-state index in [1.54, 1.807) is 30.3 Å². The Bertz CT molecular complexity index is 1070. The molecule has 0 aliphatic carbocycles. The Labute approximate surface area is 174 Å². The maximum Gasteiger partial charge on any atom is 0.414 e. The van der Waals surface area contributed by atoms with E-state index in [9.17, 15) is 18.0 Å². The van der Waals surface area contributed by atoms with E-state index in [0.29, 0.717) is 43.2 Å². The molecule has 2 aromatic carbocycles. The van der Waals surface area contributed by atoms with Gasteiger partial charge in [-0.05, 0) is 36.2 Å². The van der Waals surface area contributed by atoms with Gasteiger partial charge in [0.25, 0.3) is 0 Å². The van der Waals surface area contributed by atoms with Gasteiger partial charge in [0.2, 0.25) is 10.0 Å². The van der Waals surface area contributed by atoms with E-state index in [4.69, 9.17) is 4.74 Å². The molecule has 0 saturated carbocycles. The zero-order valence-corrected chi connectivity index (χ0v) is 17.0. The molecular weight excluding hydrogens is 408 g/mol. The summed E-state index contributed by atoms with van der Waals surface area (Å²) < 4.78 is 31.6. The van der Waals surface area contributed by atoms with E-state index in [-0.39, 0.29) is 12.3 Å². The van der Waals surface area contributed by atoms with Gasteiger partial charge in [-0.3, -0.25) is 9.21 Å². The number of amides is 3. The Hall–Kier alpha value is -3.27. The average Bonchev–Trinajstić information content (AvgIpc) is 3.34. The van der Waals surface area contributed by atoms with Gasteiger partial charge < -0.3 is 15.4 Å². The van der Waals surface area contributed by atoms with Gasteiger partial charge in [0, 0.05) is 24.5 Å². The summed E-state index contributed by atoms with van der Waals surface area (Å²) in [4.78, 5) is 25.3. The van der Waals surface area contributed by atoms with Gasteiger partial charge >= 0.3 is 12.1 Å². The fraction of sp³-hybridized carbons (Fsp3) is 0.300. The van der Waals surface area contributed by atoms with Gasteiger partial charge in [-0.15, -0.1) is 0 Å². The molecule has 0 aromatic heterocycles. The van der Waals surface area contributed by atoms with Crippen LogP contribution in [0, 0.1) is 0 Å². The molecule has 10 heteroatoms. The smallest absolute Gasteiger partial charge is 0.414 e. The summed E-state index contributed by atoms with van der Waals surface area (Å²) in [6.45, 7) is 1.17. The minimum absolute atomic E-state index is 0.0228. The first kappa shape index (κ1) is 20.0. The number of anilines is 3. The Morgan fingerprint density at radius 1 is 1.10 bits per heavy atom. The molecular formula is C20H22N4O5S. The second-order valence-electron chi connectivity index (χ2n) is 6.96. The van der Waals surface area contributed by atoms with Crippen LogP contribution in [-0.2, 0) is 21.2 Å². The SMILES string of the molecule is O=C(NCCS(=O)(=O)N1CCc2ccccc21)Nc1cccc(N2CCOC2=O)c1. The standard InChI is InChI=1S/C20H22N4O5S/c25-19(22-16-5-3-6-17(14-16)23-11-12-29-20(23)26)21-9-13-30(27,28)24-10-8-15-4-1-2-7-18(15)24/h1-7,14H,8-13H2,(H2,21,22,25). The van der Waals surface area contributed by atoms with Crippen LogP contribution in [0.5, 0.6) is 0 Å². The maximum atomic E-state index is 12.7. The number of hydrogen-bond acceptors (Lipinski definition) is 5. The highest BCUT2D eigenvalue weighted by Crippen LogP contribution is 2.29. The molecule has 2 N–H and O–H groups in total. The number of nitrogens with zero attached hydrogens (tertiary/aromatic N) is 2. The number of sulfonamides is 1. The molecule has 2 aromatic rings. The number of carbonyl (C=O) groups excluding carboxylic acids is 2. The van der Waals surface area contributed by atoms with E-state index in [1.165, 1.54) is 9.21 Å². The lowest BCUT2D eigenvalue weighted by atomic mass is 10.2. The van der Waals surface area contributed by atoms with Crippen LogP contribution in [0.25, 0.3) is 0 Å². The van der Waals surface area contributed by atoms with Gasteiger partial charge in [-0.2, -0.15) is 0 Å². The van der Waals surface area contributed by atoms with Crippen molar-refractivity contribution in [3.63, 3.8) is 0 Å². The molecule has 3 amide bonds. The normalized spacial score (nSPS) is 15.7. The van der Waals surface area contributed by atoms with Crippen LogP contribution < -0.4 is 19.8 Å². The molecule has 1 fully saturated rings. The lowest BCUT2D eigenvalue weighted by molar-refractivity contribution is 0.181. The van der Waals surface area contributed by atoms with Crippen LogP contribution in [0.1, 0.15) is 5.56 Å². The fourth-order valence-corrected chi connectivity index (χ4v) is 4.98. The van der Waals surface area contributed by atoms with Crippen molar-refractivity contribution in [3.8, 4) is 0 Å². The predicted molar refractivity (Wildman–Crippen MR) is 113 cm³/mol. The molecule has 1 saturated heterocycles. The van der Waals surface area contributed by atoms with Crippen molar-refractivity contribution in [1.29, 1.82) is 0 Å². The summed E-state index contributed by atoms with van der Waals surface area (Å²) in [6.07, 6.45) is 0.259. The zero-order valence-electron chi connectivity index (χ0n) is 16.2. The third-order valence-electron chi connectivity index (χ3n) is 5.00. The van der Waals surface area contributed by atoms with Crippen molar-refractivity contribution in [2.75, 3.05) is 46.5 Å². The molecule has 0 atom stereocenters. The van der Waals surface area contributed by atoms with Crippen LogP contribution in [-0.4, -0.2) is 52.5 Å². The average molecular weight is 430 g/mol. The first-order chi connectivity index (χ1) is 14.4. The molecule has 2 aliphatic rings. The number of benzene rings is 2. The number of urea groups is 1. The van der Waals surface area contributed by atoms with E-state index < -0.39 is 22.1 Å². The monoisotopic (exact) mass is 430 g/mol. The molecule has 0 unspecified atom stereocenters. The second-order valence-corrected chi connectivity index (χ2v) is 8.98. The molecule has 2 aliphatic heterocycles. The topological polar surface area (TPSA) is 108 Å². The van der Waals surface area contributed by atoms with Crippen molar-refractivity contribution >= 4 is 39.2 Å². The van der Waals surface area contributed by atoms with Gasteiger partial charge in [0.15, 0.2) is 0 Å². The molecule has 30 heavy (non-hydrogen) atoms. The Morgan fingerprint density at radius 3 is 2.73 bits per heavy atom. The van der Waals surface area contributed by atoms with Crippen LogP contribution >= 0.6 is 0 Å². The first-order valence-electron chi connectivity index (χ1n) is 9.61. The number of cyclic esters (lactones) is 1. The third-order valence-corrected chi connectivity index (χ3v) is 6.77. The number of carbonyl (C=O) groups is 2. The molecule has 158 valence electrons. The number of nitrogens with one attached hydrogen (secondary N) is 2. The van der Waals surface area contributed by atoms with Crippen molar-refractivity contribution in [2.45, 2.75) is 6.42 Å². The summed E-state index contributed by atoms with van der Waals surface area (Å²) >= 11 is 0. The minimum atomic E-state index is -3.53. The third kappa shape index (κ3) is 4.18. The summed E-state index contributed by atoms with van der Waals surface area (Å²) in [7, 11) is -3.53. The maximum absolute atomic E-state index is 12.7. The highest BCUT2D eigenvalue weighted by atomic mass is 32.2. The first-order valence-corrected chi connectivity index (χ1v) is 11.2. The van der Waals surface area contributed by atoms with Crippen molar-refractivity contribution in [3.05, 3.63) is 54.1 Å². The Morgan fingerprint density at radius 2 is 1.93 bits per heavy atom. The molecule has 0 radical (unpaired) electrons. The fourth-order valence-electron chi connectivity index (χ4n) is 3.56. The molecule has 4 rings (SSSR count). The summed E-state index contributed by atoms with van der Waals surface area (Å²) in [6, 6.07) is 13.7. The van der Waals surface area contributed by atoms with Crippen molar-refractivity contribution in [1.82, 2.24) is 5.32 Å². The number of para-hydroxylation sites is 1. The summed E-state index contributed by atoms with van der Waals surface area (Å²) in [5.41, 5.74) is 2.82. The summed E-state index contributed by atoms with van der Waals surface area (Å²) in [5, 5.41) is 5.23. The predicted octanol–water partition coefficient (Wildman–Crippen LogP) is 2.16. The van der Waals surface area contributed by atoms with Gasteiger partial charge in [-0.25, -0.2) is 18.0 Å². The Kier molecular flexibility index (Phi) is 5.49. The largest absolute Gasteiger partial charge is 0.447 e.